The van der Waals surface area contributed by atoms with Crippen molar-refractivity contribution in [3.05, 3.63) is 47.0 Å². The van der Waals surface area contributed by atoms with Gasteiger partial charge < -0.3 is 25.4 Å². The number of alkyl carbamates (subject to hydrolysis) is 1. The van der Waals surface area contributed by atoms with Crippen LogP contribution in [0.2, 0.25) is 0 Å². The molecule has 10 nitrogen and oxygen atoms in total. The van der Waals surface area contributed by atoms with Gasteiger partial charge in [-0.3, -0.25) is 19.7 Å². The number of nitrogens with two attached hydrogens (primary N) is 1. The van der Waals surface area contributed by atoms with E-state index in [0.717, 1.165) is 11.1 Å². The molecule has 1 atom stereocenters. The molecule has 1 aliphatic carbocycles. The first-order chi connectivity index (χ1) is 15.4. The summed E-state index contributed by atoms with van der Waals surface area (Å²) in [7, 11) is 4.75. The summed E-state index contributed by atoms with van der Waals surface area (Å²) >= 11 is 0. The van der Waals surface area contributed by atoms with E-state index < -0.39 is 18.0 Å². The van der Waals surface area contributed by atoms with Gasteiger partial charge in [0.15, 0.2) is 0 Å². The monoisotopic (exact) mass is 446 g/mol. The lowest BCUT2D eigenvalue weighted by Gasteiger charge is -2.29. The van der Waals surface area contributed by atoms with Gasteiger partial charge in [0.2, 0.25) is 11.8 Å². The number of amides is 4. The first kappa shape index (κ1) is 25.0. The summed E-state index contributed by atoms with van der Waals surface area (Å²) in [6.45, 7) is 0.926. The Bertz CT molecular complexity index is 879. The van der Waals surface area contributed by atoms with Gasteiger partial charge in [-0.15, -0.1) is 0 Å². The molecule has 4 amide bonds. The number of ether oxygens (including phenoxy) is 2. The van der Waals surface area contributed by atoms with Crippen LogP contribution < -0.4 is 16.4 Å². The summed E-state index contributed by atoms with van der Waals surface area (Å²) in [5.74, 6) is -0.712. The molecule has 3 aliphatic rings. The van der Waals surface area contributed by atoms with E-state index in [2.05, 4.69) is 21.1 Å². The van der Waals surface area contributed by atoms with Crippen molar-refractivity contribution < 1.29 is 28.7 Å². The first-order valence-electron chi connectivity index (χ1n) is 10.3. The van der Waals surface area contributed by atoms with Crippen molar-refractivity contribution in [2.75, 3.05) is 27.9 Å². The topological polar surface area (TPSA) is 140 Å². The maximum atomic E-state index is 12.7. The Hall–Kier alpha value is -3.24. The van der Waals surface area contributed by atoms with Crippen molar-refractivity contribution in [1.29, 1.82) is 0 Å². The zero-order chi connectivity index (χ0) is 23.7. The first-order valence-corrected chi connectivity index (χ1v) is 10.3. The van der Waals surface area contributed by atoms with Crippen molar-refractivity contribution in [2.24, 2.45) is 11.7 Å². The smallest absolute Gasteiger partial charge is 0.407 e. The van der Waals surface area contributed by atoms with E-state index in [0.29, 0.717) is 25.1 Å². The second kappa shape index (κ2) is 12.0. The zero-order valence-electron chi connectivity index (χ0n) is 18.6. The maximum Gasteiger partial charge on any atom is 0.407 e. The molecule has 174 valence electrons. The molecule has 32 heavy (non-hydrogen) atoms. The molecule has 0 saturated carbocycles. The second-order valence-corrected chi connectivity index (χ2v) is 7.30. The van der Waals surface area contributed by atoms with Crippen LogP contribution in [0.25, 0.3) is 0 Å². The average Bonchev–Trinajstić information content (AvgIpc) is 3.56. The fourth-order valence-corrected chi connectivity index (χ4v) is 3.30. The van der Waals surface area contributed by atoms with Crippen LogP contribution in [-0.4, -0.2) is 62.6 Å². The molecule has 1 unspecified atom stereocenters. The number of nitrogens with zero attached hydrogens (tertiary/aromatic N) is 1. The summed E-state index contributed by atoms with van der Waals surface area (Å²) in [4.78, 5) is 49.3. The Labute approximate surface area is 187 Å². The second-order valence-electron chi connectivity index (χ2n) is 7.30. The van der Waals surface area contributed by atoms with Crippen molar-refractivity contribution >= 4 is 23.8 Å². The van der Waals surface area contributed by atoms with E-state index in [1.807, 2.05) is 24.3 Å². The number of fused-ring (bicyclic) bond motifs is 1. The third-order valence-corrected chi connectivity index (χ3v) is 4.90. The Kier molecular flexibility index (Phi) is 9.36. The number of rotatable bonds is 5. The van der Waals surface area contributed by atoms with Crippen molar-refractivity contribution in [3.8, 4) is 0 Å². The quantitative estimate of drug-likeness (QED) is 0.447. The van der Waals surface area contributed by atoms with E-state index in [-0.39, 0.29) is 30.7 Å². The van der Waals surface area contributed by atoms with Crippen LogP contribution in [0.15, 0.2) is 30.4 Å². The SMILES string of the molecule is CN.COC.O=C1CCC(N2Cc3ccc(CNC(=O)OCC4C=C4)cc3C2=O)C(=O)N1. The summed E-state index contributed by atoms with van der Waals surface area (Å²) in [5, 5.41) is 4.94. The number of nitrogens with one attached hydrogen (secondary N) is 2. The zero-order valence-corrected chi connectivity index (χ0v) is 18.6. The fraction of sp³-hybridized carbons (Fsp3) is 0.455. The summed E-state index contributed by atoms with van der Waals surface area (Å²) in [6.07, 6.45) is 3.96. The predicted molar refractivity (Wildman–Crippen MR) is 116 cm³/mol. The number of methoxy groups -OCH3 is 1. The largest absolute Gasteiger partial charge is 0.449 e. The van der Waals surface area contributed by atoms with Crippen LogP contribution in [0.1, 0.15) is 34.3 Å². The Balaban J connectivity index is 0.000000671. The number of benzene rings is 1. The van der Waals surface area contributed by atoms with E-state index in [9.17, 15) is 19.2 Å². The predicted octanol–water partition coefficient (Wildman–Crippen LogP) is 0.697. The number of piperidine rings is 1. The summed E-state index contributed by atoms with van der Waals surface area (Å²) < 4.78 is 9.31. The molecular formula is C22H30N4O6. The van der Waals surface area contributed by atoms with Gasteiger partial charge in [0.1, 0.15) is 12.6 Å². The standard InChI is InChI=1S/C19H19N3O5.C2H6O.CH5N/c23-16-6-5-15(17(24)21-16)22-9-13-4-3-12(7-14(13)18(22)25)8-20-19(26)27-10-11-1-2-11;1-3-2;1-2/h1-4,7,11,15H,5-6,8-10H2,(H,20,26)(H,21,23,24);1-2H3;2H2,1H3. The number of imide groups is 1. The van der Waals surface area contributed by atoms with Gasteiger partial charge in [-0.05, 0) is 30.7 Å². The van der Waals surface area contributed by atoms with E-state index in [1.54, 1.807) is 20.3 Å². The minimum atomic E-state index is -0.629. The molecule has 10 heteroatoms. The lowest BCUT2D eigenvalue weighted by atomic mass is 10.0. The molecule has 4 rings (SSSR count). The number of carbonyl (C=O) groups is 4. The van der Waals surface area contributed by atoms with Crippen molar-refractivity contribution in [3.63, 3.8) is 0 Å². The molecule has 2 aliphatic heterocycles. The van der Waals surface area contributed by atoms with Gasteiger partial charge in [-0.1, -0.05) is 24.3 Å². The van der Waals surface area contributed by atoms with E-state index in [1.165, 1.54) is 11.9 Å². The normalized spacial score (nSPS) is 18.6. The van der Waals surface area contributed by atoms with Gasteiger partial charge in [-0.2, -0.15) is 0 Å². The van der Waals surface area contributed by atoms with Crippen LogP contribution in [0, 0.1) is 5.92 Å². The lowest BCUT2D eigenvalue weighted by Crippen LogP contribution is -2.52. The third kappa shape index (κ3) is 6.63. The van der Waals surface area contributed by atoms with Gasteiger partial charge in [-0.25, -0.2) is 4.79 Å². The molecule has 0 bridgehead atoms. The molecule has 1 fully saturated rings. The molecule has 0 spiro atoms. The number of hydrogen-bond acceptors (Lipinski definition) is 7. The van der Waals surface area contributed by atoms with Crippen LogP contribution >= 0.6 is 0 Å². The Morgan fingerprint density at radius 2 is 1.91 bits per heavy atom. The van der Waals surface area contributed by atoms with Crippen LogP contribution in [0.5, 0.6) is 0 Å². The highest BCUT2D eigenvalue weighted by atomic mass is 16.5. The van der Waals surface area contributed by atoms with Gasteiger partial charge in [0.25, 0.3) is 5.91 Å². The third-order valence-electron chi connectivity index (χ3n) is 4.90. The number of hydrogen-bond donors (Lipinski definition) is 3. The highest BCUT2D eigenvalue weighted by molar-refractivity contribution is 6.05. The molecule has 2 heterocycles. The Morgan fingerprint density at radius 3 is 2.53 bits per heavy atom. The summed E-state index contributed by atoms with van der Waals surface area (Å²) in [6, 6.07) is 4.76. The summed E-state index contributed by atoms with van der Waals surface area (Å²) in [5.41, 5.74) is 6.62. The van der Waals surface area contributed by atoms with E-state index in [4.69, 9.17) is 4.74 Å². The van der Waals surface area contributed by atoms with Crippen LogP contribution in [0.3, 0.4) is 0 Å². The van der Waals surface area contributed by atoms with Crippen molar-refractivity contribution in [1.82, 2.24) is 15.5 Å². The average molecular weight is 447 g/mol. The molecule has 0 radical (unpaired) electrons. The van der Waals surface area contributed by atoms with Gasteiger partial charge >= 0.3 is 6.09 Å². The molecule has 4 N–H and O–H groups in total. The molecule has 1 aromatic carbocycles. The van der Waals surface area contributed by atoms with E-state index >= 15 is 0 Å². The highest BCUT2D eigenvalue weighted by Crippen LogP contribution is 2.28. The molecule has 0 aromatic heterocycles. The minimum absolute atomic E-state index is 0.226. The van der Waals surface area contributed by atoms with Gasteiger partial charge in [0, 0.05) is 45.2 Å². The molecule has 1 saturated heterocycles. The lowest BCUT2D eigenvalue weighted by molar-refractivity contribution is -0.136. The highest BCUT2D eigenvalue weighted by Gasteiger charge is 2.39. The molecular weight excluding hydrogens is 416 g/mol. The van der Waals surface area contributed by atoms with Crippen LogP contribution in [0.4, 0.5) is 4.79 Å². The number of carbonyl (C=O) groups excluding carboxylic acids is 4. The minimum Gasteiger partial charge on any atom is -0.449 e. The maximum absolute atomic E-state index is 12.7. The van der Waals surface area contributed by atoms with Crippen molar-refractivity contribution in [2.45, 2.75) is 32.0 Å². The van der Waals surface area contributed by atoms with Crippen LogP contribution in [-0.2, 0) is 32.2 Å². The fourth-order valence-electron chi connectivity index (χ4n) is 3.30. The van der Waals surface area contributed by atoms with Gasteiger partial charge in [0.05, 0.1) is 0 Å². The Morgan fingerprint density at radius 1 is 1.22 bits per heavy atom. The molecule has 1 aromatic rings.